The van der Waals surface area contributed by atoms with Gasteiger partial charge in [-0.05, 0) is 40.0 Å². The lowest BCUT2D eigenvalue weighted by Crippen LogP contribution is -2.09. The van der Waals surface area contributed by atoms with Crippen LogP contribution >= 0.6 is 27.5 Å². The summed E-state index contributed by atoms with van der Waals surface area (Å²) >= 11 is 9.29. The van der Waals surface area contributed by atoms with Crippen molar-refractivity contribution < 1.29 is 0 Å². The number of hydrogen-bond acceptors (Lipinski definition) is 3. The van der Waals surface area contributed by atoms with Gasteiger partial charge in [0.15, 0.2) is 0 Å². The number of aromatic nitrogens is 2. The molecule has 20 heavy (non-hydrogen) atoms. The Hall–Kier alpha value is -1.13. The minimum atomic E-state index is 0.310. The van der Waals surface area contributed by atoms with Crippen LogP contribution in [0.4, 0.5) is 5.82 Å². The van der Waals surface area contributed by atoms with Gasteiger partial charge in [-0.1, -0.05) is 37.6 Å². The first-order chi connectivity index (χ1) is 9.54. The summed E-state index contributed by atoms with van der Waals surface area (Å²) in [5.41, 5.74) is 1.25. The van der Waals surface area contributed by atoms with Crippen molar-refractivity contribution >= 4 is 33.3 Å². The van der Waals surface area contributed by atoms with Crippen molar-refractivity contribution in [2.75, 3.05) is 11.9 Å². The normalized spacial score (nSPS) is 10.8. The molecule has 0 fully saturated rings. The lowest BCUT2D eigenvalue weighted by molar-refractivity contribution is 0.769. The molecule has 1 N–H and O–H groups in total. The van der Waals surface area contributed by atoms with Crippen LogP contribution in [0.2, 0.25) is 5.02 Å². The molecule has 0 radical (unpaired) electrons. The molecule has 5 heteroatoms. The van der Waals surface area contributed by atoms with Crippen molar-refractivity contribution in [3.8, 4) is 0 Å². The number of nitrogens with one attached hydrogen (secondary N) is 1. The maximum Gasteiger partial charge on any atom is 0.134 e. The van der Waals surface area contributed by atoms with Crippen molar-refractivity contribution in [1.82, 2.24) is 9.97 Å². The van der Waals surface area contributed by atoms with E-state index in [0.29, 0.717) is 5.92 Å². The van der Waals surface area contributed by atoms with Crippen LogP contribution in [-0.4, -0.2) is 16.5 Å². The fourth-order valence-corrected chi connectivity index (χ4v) is 2.29. The summed E-state index contributed by atoms with van der Waals surface area (Å²) in [7, 11) is 0. The summed E-state index contributed by atoms with van der Waals surface area (Å²) in [6, 6.07) is 9.80. The molecule has 0 bridgehead atoms. The Morgan fingerprint density at radius 1 is 1.20 bits per heavy atom. The summed E-state index contributed by atoms with van der Waals surface area (Å²) < 4.78 is 0.810. The average Bonchev–Trinajstić information content (AvgIpc) is 2.40. The summed E-state index contributed by atoms with van der Waals surface area (Å²) in [6.45, 7) is 4.99. The molecule has 0 aliphatic carbocycles. The molecule has 0 aliphatic heterocycles. The minimum Gasteiger partial charge on any atom is -0.370 e. The van der Waals surface area contributed by atoms with Crippen LogP contribution in [0.3, 0.4) is 0 Å². The zero-order chi connectivity index (χ0) is 14.5. The van der Waals surface area contributed by atoms with Gasteiger partial charge < -0.3 is 5.32 Å². The number of anilines is 1. The quantitative estimate of drug-likeness (QED) is 0.793. The van der Waals surface area contributed by atoms with Crippen molar-refractivity contribution in [2.24, 2.45) is 0 Å². The summed E-state index contributed by atoms with van der Waals surface area (Å²) in [5.74, 6) is 2.00. The second-order valence-electron chi connectivity index (χ2n) is 4.89. The Labute approximate surface area is 132 Å². The highest BCUT2D eigenvalue weighted by molar-refractivity contribution is 9.10. The van der Waals surface area contributed by atoms with E-state index in [-0.39, 0.29) is 0 Å². The molecular formula is C15H17BrClN3. The van der Waals surface area contributed by atoms with Gasteiger partial charge in [0, 0.05) is 23.6 Å². The van der Waals surface area contributed by atoms with Crippen LogP contribution < -0.4 is 5.32 Å². The molecule has 1 heterocycles. The first kappa shape index (κ1) is 15.3. The Bertz CT molecular complexity index is 570. The molecule has 0 atom stereocenters. The van der Waals surface area contributed by atoms with Gasteiger partial charge >= 0.3 is 0 Å². The van der Waals surface area contributed by atoms with E-state index in [4.69, 9.17) is 11.6 Å². The predicted octanol–water partition coefficient (Wildman–Crippen LogP) is 4.67. The highest BCUT2D eigenvalue weighted by atomic mass is 79.9. The van der Waals surface area contributed by atoms with E-state index < -0.39 is 0 Å². The average molecular weight is 355 g/mol. The van der Waals surface area contributed by atoms with Gasteiger partial charge in [0.25, 0.3) is 0 Å². The molecule has 0 spiro atoms. The SMILES string of the molecule is CC(C)c1nc(Br)cc(NCCc2ccc(Cl)cc2)n1. The van der Waals surface area contributed by atoms with E-state index >= 15 is 0 Å². The van der Waals surface area contributed by atoms with E-state index in [1.165, 1.54) is 5.56 Å². The fraction of sp³-hybridized carbons (Fsp3) is 0.333. The molecule has 0 unspecified atom stereocenters. The van der Waals surface area contributed by atoms with Crippen molar-refractivity contribution in [2.45, 2.75) is 26.2 Å². The smallest absolute Gasteiger partial charge is 0.134 e. The van der Waals surface area contributed by atoms with Crippen LogP contribution in [0.15, 0.2) is 34.9 Å². The largest absolute Gasteiger partial charge is 0.370 e. The Balaban J connectivity index is 1.95. The third-order valence-electron chi connectivity index (χ3n) is 2.86. The number of hydrogen-bond donors (Lipinski definition) is 1. The Morgan fingerprint density at radius 3 is 2.55 bits per heavy atom. The first-order valence-corrected chi connectivity index (χ1v) is 7.74. The van der Waals surface area contributed by atoms with Crippen LogP contribution in [0, 0.1) is 0 Å². The molecule has 3 nitrogen and oxygen atoms in total. The van der Waals surface area contributed by atoms with Crippen LogP contribution in [0.25, 0.3) is 0 Å². The molecule has 0 saturated heterocycles. The van der Waals surface area contributed by atoms with Gasteiger partial charge in [-0.3, -0.25) is 0 Å². The van der Waals surface area contributed by atoms with Crippen LogP contribution in [-0.2, 0) is 6.42 Å². The van der Waals surface area contributed by atoms with Crippen LogP contribution in [0.1, 0.15) is 31.2 Å². The van der Waals surface area contributed by atoms with E-state index in [1.54, 1.807) is 0 Å². The highest BCUT2D eigenvalue weighted by Gasteiger charge is 2.06. The molecule has 106 valence electrons. The molecule has 0 amide bonds. The van der Waals surface area contributed by atoms with E-state index in [1.807, 2.05) is 30.3 Å². The van der Waals surface area contributed by atoms with E-state index in [0.717, 1.165) is 34.2 Å². The molecule has 1 aromatic heterocycles. The van der Waals surface area contributed by atoms with Gasteiger partial charge in [0.05, 0.1) is 0 Å². The first-order valence-electron chi connectivity index (χ1n) is 6.57. The minimum absolute atomic E-state index is 0.310. The molecule has 0 saturated carbocycles. The monoisotopic (exact) mass is 353 g/mol. The molecule has 2 aromatic rings. The number of halogens is 2. The Morgan fingerprint density at radius 2 is 1.90 bits per heavy atom. The van der Waals surface area contributed by atoms with E-state index in [2.05, 4.69) is 45.1 Å². The zero-order valence-electron chi connectivity index (χ0n) is 11.5. The second-order valence-corrected chi connectivity index (χ2v) is 6.14. The van der Waals surface area contributed by atoms with Crippen LogP contribution in [0.5, 0.6) is 0 Å². The zero-order valence-corrected chi connectivity index (χ0v) is 13.9. The molecule has 2 rings (SSSR count). The third-order valence-corrected chi connectivity index (χ3v) is 3.52. The number of rotatable bonds is 5. The number of nitrogens with zero attached hydrogens (tertiary/aromatic N) is 2. The summed E-state index contributed by atoms with van der Waals surface area (Å²) in [4.78, 5) is 8.87. The van der Waals surface area contributed by atoms with Gasteiger partial charge in [-0.15, -0.1) is 0 Å². The fourth-order valence-electron chi connectivity index (χ4n) is 1.77. The Kier molecular flexibility index (Phi) is 5.38. The van der Waals surface area contributed by atoms with Gasteiger partial charge in [0.2, 0.25) is 0 Å². The maximum absolute atomic E-state index is 5.87. The number of benzene rings is 1. The van der Waals surface area contributed by atoms with Crippen molar-refractivity contribution in [1.29, 1.82) is 0 Å². The van der Waals surface area contributed by atoms with Crippen molar-refractivity contribution in [3.63, 3.8) is 0 Å². The summed E-state index contributed by atoms with van der Waals surface area (Å²) in [5, 5.41) is 4.10. The predicted molar refractivity (Wildman–Crippen MR) is 87.5 cm³/mol. The molecule has 1 aromatic carbocycles. The van der Waals surface area contributed by atoms with Gasteiger partial charge in [-0.2, -0.15) is 0 Å². The highest BCUT2D eigenvalue weighted by Crippen LogP contribution is 2.17. The lowest BCUT2D eigenvalue weighted by atomic mass is 10.1. The van der Waals surface area contributed by atoms with E-state index in [9.17, 15) is 0 Å². The summed E-state index contributed by atoms with van der Waals surface area (Å²) in [6.07, 6.45) is 0.926. The second kappa shape index (κ2) is 7.04. The van der Waals surface area contributed by atoms with Gasteiger partial charge in [0.1, 0.15) is 16.2 Å². The standard InChI is InChI=1S/C15H17BrClN3/c1-10(2)15-19-13(16)9-14(20-15)18-8-7-11-3-5-12(17)6-4-11/h3-6,9-10H,7-8H2,1-2H3,(H,18,19,20). The lowest BCUT2D eigenvalue weighted by Gasteiger charge is -2.09. The maximum atomic E-state index is 5.87. The molecule has 0 aliphatic rings. The van der Waals surface area contributed by atoms with Gasteiger partial charge in [-0.25, -0.2) is 9.97 Å². The van der Waals surface area contributed by atoms with Crippen molar-refractivity contribution in [3.05, 3.63) is 51.3 Å². The molecular weight excluding hydrogens is 338 g/mol. The topological polar surface area (TPSA) is 37.8 Å². The third kappa shape index (κ3) is 4.46.